The molecule has 2 aliphatic heterocycles. The molecule has 0 unspecified atom stereocenters. The van der Waals surface area contributed by atoms with E-state index in [2.05, 4.69) is 38.4 Å². The molecule has 2 aliphatic rings. The van der Waals surface area contributed by atoms with Crippen molar-refractivity contribution in [3.05, 3.63) is 71.3 Å². The van der Waals surface area contributed by atoms with Gasteiger partial charge < -0.3 is 15.0 Å². The number of nitrogens with zero attached hydrogens (tertiary/aromatic N) is 4. The van der Waals surface area contributed by atoms with E-state index in [4.69, 9.17) is 4.74 Å². The largest absolute Gasteiger partial charge is 0.377 e. The van der Waals surface area contributed by atoms with Gasteiger partial charge in [0.1, 0.15) is 5.69 Å². The minimum absolute atomic E-state index is 0.0282. The molecule has 0 saturated carbocycles. The van der Waals surface area contributed by atoms with Crippen LogP contribution in [0.25, 0.3) is 11.1 Å². The molecule has 4 heterocycles. The minimum Gasteiger partial charge on any atom is -0.377 e. The highest BCUT2D eigenvalue weighted by atomic mass is 19.3. The second-order valence-electron chi connectivity index (χ2n) is 9.96. The highest BCUT2D eigenvalue weighted by Crippen LogP contribution is 2.44. The number of aryl methyl sites for hydroxylation is 1. The number of aromatic nitrogens is 2. The zero-order chi connectivity index (χ0) is 26.4. The van der Waals surface area contributed by atoms with Crippen molar-refractivity contribution in [3.8, 4) is 17.2 Å². The summed E-state index contributed by atoms with van der Waals surface area (Å²) < 4.78 is 33.0. The Kier molecular flexibility index (Phi) is 6.16. The molecule has 3 aromatic rings. The fourth-order valence-electron chi connectivity index (χ4n) is 5.10. The number of ether oxygens (including phenoxy) is 1. The van der Waals surface area contributed by atoms with Crippen LogP contribution in [0.3, 0.4) is 0 Å². The zero-order valence-corrected chi connectivity index (χ0v) is 20.9. The van der Waals surface area contributed by atoms with E-state index >= 15 is 0 Å². The van der Waals surface area contributed by atoms with Crippen LogP contribution < -0.4 is 10.2 Å². The van der Waals surface area contributed by atoms with Gasteiger partial charge in [0.05, 0.1) is 42.6 Å². The molecule has 2 atom stereocenters. The van der Waals surface area contributed by atoms with Gasteiger partial charge in [-0.2, -0.15) is 14.0 Å². The van der Waals surface area contributed by atoms with Gasteiger partial charge in [0.25, 0.3) is 11.8 Å². The molecule has 5 rings (SSSR count). The monoisotopic (exact) mass is 503 g/mol. The molecule has 1 aromatic carbocycles. The molecule has 0 spiro atoms. The van der Waals surface area contributed by atoms with Gasteiger partial charge in [0.15, 0.2) is 0 Å². The first-order valence-corrected chi connectivity index (χ1v) is 12.1. The van der Waals surface area contributed by atoms with Crippen LogP contribution in [0.2, 0.25) is 0 Å². The van der Waals surface area contributed by atoms with Crippen molar-refractivity contribution in [1.29, 1.82) is 5.26 Å². The predicted octanol–water partition coefficient (Wildman–Crippen LogP) is 5.11. The number of hydrogen-bond acceptors (Lipinski definition) is 6. The second-order valence-corrected chi connectivity index (χ2v) is 9.96. The van der Waals surface area contributed by atoms with Crippen molar-refractivity contribution in [3.63, 3.8) is 0 Å². The molecular formula is C28H27F2N5O2. The van der Waals surface area contributed by atoms with Crippen molar-refractivity contribution in [2.75, 3.05) is 30.0 Å². The topological polar surface area (TPSA) is 91.1 Å². The molecule has 1 saturated heterocycles. The number of carbonyl (C=O) groups is 1. The van der Waals surface area contributed by atoms with Crippen molar-refractivity contribution < 1.29 is 18.3 Å². The first kappa shape index (κ1) is 24.8. The Balaban J connectivity index is 1.45. The van der Waals surface area contributed by atoms with Gasteiger partial charge in [-0.3, -0.25) is 14.8 Å². The maximum atomic E-state index is 13.7. The van der Waals surface area contributed by atoms with Crippen molar-refractivity contribution >= 4 is 17.3 Å². The minimum atomic E-state index is -3.15. The summed E-state index contributed by atoms with van der Waals surface area (Å²) in [5, 5.41) is 12.7. The summed E-state index contributed by atoms with van der Waals surface area (Å²) in [5.41, 5.74) is 4.28. The number of carbonyl (C=O) groups excluding carboxylic acids is 1. The quantitative estimate of drug-likeness (QED) is 0.532. The van der Waals surface area contributed by atoms with E-state index in [1.54, 1.807) is 6.20 Å². The second kappa shape index (κ2) is 9.20. The maximum Gasteiger partial charge on any atom is 0.286 e. The summed E-state index contributed by atoms with van der Waals surface area (Å²) in [5.74, 6) is -3.67. The number of morpholine rings is 1. The Labute approximate surface area is 214 Å². The molecule has 9 heteroatoms. The number of halogens is 2. The summed E-state index contributed by atoms with van der Waals surface area (Å²) in [4.78, 5) is 23.2. The van der Waals surface area contributed by atoms with E-state index in [0.717, 1.165) is 41.1 Å². The van der Waals surface area contributed by atoms with E-state index in [9.17, 15) is 18.8 Å². The number of rotatable bonds is 4. The molecule has 1 amide bonds. The van der Waals surface area contributed by atoms with Crippen LogP contribution in [-0.2, 0) is 17.1 Å². The summed E-state index contributed by atoms with van der Waals surface area (Å²) in [6.07, 6.45) is 3.38. The van der Waals surface area contributed by atoms with Gasteiger partial charge >= 0.3 is 0 Å². The first-order chi connectivity index (χ1) is 17.6. The maximum absolute atomic E-state index is 13.7. The molecule has 0 aliphatic carbocycles. The molecule has 190 valence electrons. The average molecular weight is 504 g/mol. The molecule has 37 heavy (non-hydrogen) atoms. The van der Waals surface area contributed by atoms with Gasteiger partial charge in [-0.05, 0) is 55.7 Å². The summed E-state index contributed by atoms with van der Waals surface area (Å²) in [7, 11) is 0. The van der Waals surface area contributed by atoms with Crippen molar-refractivity contribution in [2.45, 2.75) is 39.2 Å². The third kappa shape index (κ3) is 4.65. The smallest absolute Gasteiger partial charge is 0.286 e. The van der Waals surface area contributed by atoms with Crippen LogP contribution >= 0.6 is 0 Å². The van der Waals surface area contributed by atoms with E-state index in [1.807, 2.05) is 26.0 Å². The van der Waals surface area contributed by atoms with Crippen LogP contribution in [0.5, 0.6) is 0 Å². The zero-order valence-electron chi connectivity index (χ0n) is 20.9. The average Bonchev–Trinajstić information content (AvgIpc) is 2.89. The number of hydrogen-bond donors (Lipinski definition) is 1. The van der Waals surface area contributed by atoms with E-state index in [-0.39, 0.29) is 11.6 Å². The number of fused-ring (bicyclic) bond motifs is 3. The highest BCUT2D eigenvalue weighted by Gasteiger charge is 2.45. The van der Waals surface area contributed by atoms with Gasteiger partial charge in [-0.1, -0.05) is 12.1 Å². The van der Waals surface area contributed by atoms with Crippen LogP contribution in [0, 0.1) is 23.7 Å². The number of anilines is 2. The molecule has 0 radical (unpaired) electrons. The highest BCUT2D eigenvalue weighted by molar-refractivity contribution is 6.04. The number of nitriles is 1. The Morgan fingerprint density at radius 2 is 2.08 bits per heavy atom. The fraction of sp³-hybridized carbons (Fsp3) is 0.357. The summed E-state index contributed by atoms with van der Waals surface area (Å²) >= 11 is 0. The Bertz CT molecular complexity index is 1410. The third-order valence-electron chi connectivity index (χ3n) is 7.20. The normalized spacial score (nSPS) is 21.0. The van der Waals surface area contributed by atoms with Crippen molar-refractivity contribution in [2.24, 2.45) is 5.41 Å². The predicted molar refractivity (Wildman–Crippen MR) is 136 cm³/mol. The number of benzene rings is 1. The number of alkyl halides is 2. The van der Waals surface area contributed by atoms with E-state index < -0.39 is 22.9 Å². The Hall–Kier alpha value is -3.90. The number of nitrogens with one attached hydrogen (secondary N) is 1. The van der Waals surface area contributed by atoms with Gasteiger partial charge in [0, 0.05) is 42.2 Å². The molecular weight excluding hydrogens is 476 g/mol. The number of amides is 1. The standard InChI is InChI=1S/C28H27F2N5O2/c1-17-22(12-21(14-33-17)34-26(36)19-6-7-32-24(11-19)28(3,29)30)18-4-5-20-13-27(2,16-31)25-15-37-9-8-35(25)23(20)10-18/h4-7,10-12,14,25H,8-9,13,15H2,1-3H3,(H,34,36)/t25-,27-/m0/s1. The lowest BCUT2D eigenvalue weighted by Gasteiger charge is -2.49. The molecule has 2 aromatic heterocycles. The number of pyridine rings is 2. The lowest BCUT2D eigenvalue weighted by molar-refractivity contribution is 0.0127. The van der Waals surface area contributed by atoms with Crippen LogP contribution in [0.15, 0.2) is 48.8 Å². The first-order valence-electron chi connectivity index (χ1n) is 12.1. The van der Waals surface area contributed by atoms with Gasteiger partial charge in [-0.25, -0.2) is 0 Å². The summed E-state index contributed by atoms with van der Waals surface area (Å²) in [6, 6.07) is 13.0. The Morgan fingerprint density at radius 1 is 1.27 bits per heavy atom. The van der Waals surface area contributed by atoms with Crippen LogP contribution in [0.1, 0.15) is 41.2 Å². The van der Waals surface area contributed by atoms with Crippen LogP contribution in [-0.4, -0.2) is 41.7 Å². The van der Waals surface area contributed by atoms with Crippen molar-refractivity contribution in [1.82, 2.24) is 9.97 Å². The van der Waals surface area contributed by atoms with Crippen LogP contribution in [0.4, 0.5) is 20.2 Å². The Morgan fingerprint density at radius 3 is 2.84 bits per heavy atom. The molecule has 7 nitrogen and oxygen atoms in total. The lowest BCUT2D eigenvalue weighted by atomic mass is 9.73. The third-order valence-corrected chi connectivity index (χ3v) is 7.20. The molecule has 1 fully saturated rings. The van der Waals surface area contributed by atoms with E-state index in [0.29, 0.717) is 31.9 Å². The SMILES string of the molecule is Cc1ncc(NC(=O)c2ccnc(C(C)(F)F)c2)cc1-c1ccc2c(c1)N1CCOC[C@H]1[C@](C)(C#N)C2. The van der Waals surface area contributed by atoms with E-state index in [1.165, 1.54) is 12.3 Å². The molecule has 1 N–H and O–H groups in total. The lowest BCUT2D eigenvalue weighted by Crippen LogP contribution is -2.57. The van der Waals surface area contributed by atoms with Gasteiger partial charge in [-0.15, -0.1) is 0 Å². The summed E-state index contributed by atoms with van der Waals surface area (Å²) in [6.45, 7) is 6.44. The molecule has 0 bridgehead atoms. The fourth-order valence-corrected chi connectivity index (χ4v) is 5.10. The van der Waals surface area contributed by atoms with Gasteiger partial charge in [0.2, 0.25) is 0 Å².